The van der Waals surface area contributed by atoms with Gasteiger partial charge in [0.1, 0.15) is 0 Å². The van der Waals surface area contributed by atoms with E-state index in [0.29, 0.717) is 6.04 Å². The Balaban J connectivity index is 1.90. The normalized spacial score (nSPS) is 16.5. The molecular weight excluding hydrogens is 214 g/mol. The average molecular weight is 233 g/mol. The molecule has 0 aliphatic carbocycles. The summed E-state index contributed by atoms with van der Waals surface area (Å²) in [6.45, 7) is 1.99. The fourth-order valence-electron chi connectivity index (χ4n) is 2.09. The predicted molar refractivity (Wildman–Crippen MR) is 69.1 cm³/mol. The van der Waals surface area contributed by atoms with Crippen LogP contribution in [0, 0.1) is 0 Å². The van der Waals surface area contributed by atoms with Gasteiger partial charge in [-0.15, -0.1) is 0 Å². The lowest BCUT2D eigenvalue weighted by Gasteiger charge is -2.31. The van der Waals surface area contributed by atoms with Gasteiger partial charge in [0.25, 0.3) is 0 Å². The SMILES string of the molecule is CN(C(=O)Nc1ccccc1)C1CCNCC1. The Kier molecular flexibility index (Phi) is 3.98. The second kappa shape index (κ2) is 5.68. The first-order chi connectivity index (χ1) is 8.27. The number of carbonyl (C=O) groups is 1. The summed E-state index contributed by atoms with van der Waals surface area (Å²) in [6.07, 6.45) is 2.05. The maximum Gasteiger partial charge on any atom is 0.321 e. The number of carbonyl (C=O) groups excluding carboxylic acids is 1. The third kappa shape index (κ3) is 3.20. The number of hydrogen-bond acceptors (Lipinski definition) is 2. The molecule has 0 aromatic heterocycles. The van der Waals surface area contributed by atoms with Gasteiger partial charge in [-0.05, 0) is 38.1 Å². The zero-order chi connectivity index (χ0) is 12.1. The number of para-hydroxylation sites is 1. The van der Waals surface area contributed by atoms with Crippen molar-refractivity contribution in [2.75, 3.05) is 25.5 Å². The average Bonchev–Trinajstić information content (AvgIpc) is 2.40. The van der Waals surface area contributed by atoms with Crippen molar-refractivity contribution in [3.63, 3.8) is 0 Å². The van der Waals surface area contributed by atoms with Crippen molar-refractivity contribution in [3.8, 4) is 0 Å². The van der Waals surface area contributed by atoms with Crippen LogP contribution in [0.25, 0.3) is 0 Å². The molecule has 2 rings (SSSR count). The first-order valence-corrected chi connectivity index (χ1v) is 6.07. The van der Waals surface area contributed by atoms with Crippen LogP contribution in [-0.4, -0.2) is 37.1 Å². The number of amides is 2. The molecule has 0 bridgehead atoms. The van der Waals surface area contributed by atoms with Crippen LogP contribution < -0.4 is 10.6 Å². The van der Waals surface area contributed by atoms with Crippen LogP contribution in [0.4, 0.5) is 10.5 Å². The van der Waals surface area contributed by atoms with Crippen LogP contribution in [0.5, 0.6) is 0 Å². The molecule has 17 heavy (non-hydrogen) atoms. The molecule has 0 atom stereocenters. The summed E-state index contributed by atoms with van der Waals surface area (Å²) in [4.78, 5) is 13.8. The minimum Gasteiger partial charge on any atom is -0.325 e. The third-order valence-electron chi connectivity index (χ3n) is 3.20. The Labute approximate surface area is 102 Å². The minimum absolute atomic E-state index is 0.0249. The van der Waals surface area contributed by atoms with Crippen molar-refractivity contribution in [1.29, 1.82) is 0 Å². The van der Waals surface area contributed by atoms with E-state index >= 15 is 0 Å². The molecular formula is C13H19N3O. The Morgan fingerprint density at radius 2 is 1.94 bits per heavy atom. The molecule has 1 aromatic rings. The van der Waals surface area contributed by atoms with E-state index < -0.39 is 0 Å². The summed E-state index contributed by atoms with van der Waals surface area (Å²) >= 11 is 0. The number of rotatable bonds is 2. The van der Waals surface area contributed by atoms with E-state index in [4.69, 9.17) is 0 Å². The van der Waals surface area contributed by atoms with Crippen molar-refractivity contribution in [1.82, 2.24) is 10.2 Å². The summed E-state index contributed by atoms with van der Waals surface area (Å²) in [7, 11) is 1.87. The van der Waals surface area contributed by atoms with Crippen LogP contribution in [-0.2, 0) is 0 Å². The minimum atomic E-state index is -0.0249. The van der Waals surface area contributed by atoms with Gasteiger partial charge in [-0.3, -0.25) is 0 Å². The number of anilines is 1. The zero-order valence-electron chi connectivity index (χ0n) is 10.1. The molecule has 1 aromatic carbocycles. The van der Waals surface area contributed by atoms with Crippen LogP contribution in [0.3, 0.4) is 0 Å². The summed E-state index contributed by atoms with van der Waals surface area (Å²) in [5.74, 6) is 0. The van der Waals surface area contributed by atoms with Crippen molar-refractivity contribution >= 4 is 11.7 Å². The molecule has 1 heterocycles. The second-order valence-corrected chi connectivity index (χ2v) is 4.39. The van der Waals surface area contributed by atoms with Crippen LogP contribution in [0.15, 0.2) is 30.3 Å². The number of nitrogens with zero attached hydrogens (tertiary/aromatic N) is 1. The topological polar surface area (TPSA) is 44.4 Å². The third-order valence-corrected chi connectivity index (χ3v) is 3.20. The lowest BCUT2D eigenvalue weighted by molar-refractivity contribution is 0.189. The van der Waals surface area contributed by atoms with E-state index in [-0.39, 0.29) is 6.03 Å². The van der Waals surface area contributed by atoms with E-state index in [2.05, 4.69) is 10.6 Å². The predicted octanol–water partition coefficient (Wildman–Crippen LogP) is 1.90. The summed E-state index contributed by atoms with van der Waals surface area (Å²) in [5.41, 5.74) is 0.846. The Hall–Kier alpha value is -1.55. The van der Waals surface area contributed by atoms with Gasteiger partial charge < -0.3 is 15.5 Å². The first-order valence-electron chi connectivity index (χ1n) is 6.07. The molecule has 0 unspecified atom stereocenters. The smallest absolute Gasteiger partial charge is 0.321 e. The van der Waals surface area contributed by atoms with Gasteiger partial charge in [0.15, 0.2) is 0 Å². The summed E-state index contributed by atoms with van der Waals surface area (Å²) < 4.78 is 0. The lowest BCUT2D eigenvalue weighted by atomic mass is 10.1. The first kappa shape index (κ1) is 11.9. The van der Waals surface area contributed by atoms with Gasteiger partial charge >= 0.3 is 6.03 Å². The monoisotopic (exact) mass is 233 g/mol. The molecule has 2 N–H and O–H groups in total. The molecule has 0 saturated carbocycles. The van der Waals surface area contributed by atoms with Gasteiger partial charge in [-0.2, -0.15) is 0 Å². The van der Waals surface area contributed by atoms with Crippen LogP contribution in [0.2, 0.25) is 0 Å². The van der Waals surface area contributed by atoms with E-state index in [0.717, 1.165) is 31.6 Å². The Morgan fingerprint density at radius 1 is 1.29 bits per heavy atom. The van der Waals surface area contributed by atoms with Gasteiger partial charge in [0, 0.05) is 18.8 Å². The molecule has 1 fully saturated rings. The van der Waals surface area contributed by atoms with E-state index in [9.17, 15) is 4.79 Å². The number of piperidine rings is 1. The molecule has 92 valence electrons. The van der Waals surface area contributed by atoms with Crippen molar-refractivity contribution in [2.24, 2.45) is 0 Å². The zero-order valence-corrected chi connectivity index (χ0v) is 10.1. The van der Waals surface area contributed by atoms with Crippen LogP contribution >= 0.6 is 0 Å². The second-order valence-electron chi connectivity index (χ2n) is 4.39. The van der Waals surface area contributed by atoms with Gasteiger partial charge in [0.2, 0.25) is 0 Å². The van der Waals surface area contributed by atoms with Crippen molar-refractivity contribution in [3.05, 3.63) is 30.3 Å². The fourth-order valence-corrected chi connectivity index (χ4v) is 2.09. The van der Waals surface area contributed by atoms with Gasteiger partial charge in [0.05, 0.1) is 0 Å². The highest BCUT2D eigenvalue weighted by Crippen LogP contribution is 2.12. The van der Waals surface area contributed by atoms with Gasteiger partial charge in [-0.25, -0.2) is 4.79 Å². The maximum atomic E-state index is 12.0. The molecule has 1 saturated heterocycles. The summed E-state index contributed by atoms with van der Waals surface area (Å²) in [5, 5.41) is 6.21. The highest BCUT2D eigenvalue weighted by Gasteiger charge is 2.21. The van der Waals surface area contributed by atoms with Crippen LogP contribution in [0.1, 0.15) is 12.8 Å². The number of urea groups is 1. The Morgan fingerprint density at radius 3 is 2.59 bits per heavy atom. The quantitative estimate of drug-likeness (QED) is 0.819. The maximum absolute atomic E-state index is 12.0. The molecule has 4 heteroatoms. The number of nitrogens with one attached hydrogen (secondary N) is 2. The highest BCUT2D eigenvalue weighted by atomic mass is 16.2. The van der Waals surface area contributed by atoms with E-state index in [1.807, 2.05) is 42.3 Å². The molecule has 2 amide bonds. The molecule has 0 spiro atoms. The van der Waals surface area contributed by atoms with E-state index in [1.165, 1.54) is 0 Å². The fraction of sp³-hybridized carbons (Fsp3) is 0.462. The molecule has 0 radical (unpaired) electrons. The number of hydrogen-bond donors (Lipinski definition) is 2. The lowest BCUT2D eigenvalue weighted by Crippen LogP contribution is -2.45. The Bertz CT molecular complexity index is 360. The molecule has 1 aliphatic rings. The molecule has 4 nitrogen and oxygen atoms in total. The summed E-state index contributed by atoms with van der Waals surface area (Å²) in [6, 6.07) is 9.89. The van der Waals surface area contributed by atoms with Crippen molar-refractivity contribution in [2.45, 2.75) is 18.9 Å². The van der Waals surface area contributed by atoms with Gasteiger partial charge in [-0.1, -0.05) is 18.2 Å². The van der Waals surface area contributed by atoms with E-state index in [1.54, 1.807) is 0 Å². The molecule has 1 aliphatic heterocycles. The highest BCUT2D eigenvalue weighted by molar-refractivity contribution is 5.89. The number of benzene rings is 1. The largest absolute Gasteiger partial charge is 0.325 e. The van der Waals surface area contributed by atoms with Crippen molar-refractivity contribution < 1.29 is 4.79 Å². The standard InChI is InChI=1S/C13H19N3O/c1-16(12-7-9-14-10-8-12)13(17)15-11-5-3-2-4-6-11/h2-6,12,14H,7-10H2,1H3,(H,15,17).